The molecule has 0 aliphatic rings. The topological polar surface area (TPSA) is 92.3 Å². The van der Waals surface area contributed by atoms with Crippen LogP contribution in [0.5, 0.6) is 11.5 Å². The highest BCUT2D eigenvalue weighted by molar-refractivity contribution is 9.10. The molecule has 3 rings (SSSR count). The first-order chi connectivity index (χ1) is 15.8. The lowest BCUT2D eigenvalue weighted by Gasteiger charge is -2.18. The van der Waals surface area contributed by atoms with E-state index in [4.69, 9.17) is 9.47 Å². The number of aryl methyl sites for hydroxylation is 2. The van der Waals surface area contributed by atoms with E-state index < -0.39 is 5.25 Å². The summed E-state index contributed by atoms with van der Waals surface area (Å²) >= 11 is 4.82. The van der Waals surface area contributed by atoms with Gasteiger partial charge in [-0.15, -0.1) is 10.2 Å². The average molecular weight is 533 g/mol. The SMILES string of the molecule is C=CCOc1c(Br)cc([C@@H](C[N+](=O)[O-])Sc2nnc(C)n2-c2cccc(C)c2)cc1OCC. The van der Waals surface area contributed by atoms with E-state index in [9.17, 15) is 10.1 Å². The maximum atomic E-state index is 11.6. The highest BCUT2D eigenvalue weighted by atomic mass is 79.9. The van der Waals surface area contributed by atoms with Gasteiger partial charge in [0.15, 0.2) is 16.7 Å². The van der Waals surface area contributed by atoms with Gasteiger partial charge in [-0.05, 0) is 72.1 Å². The number of nitrogens with zero attached hydrogens (tertiary/aromatic N) is 4. The number of nitro groups is 1. The zero-order valence-electron chi connectivity index (χ0n) is 18.7. The van der Waals surface area contributed by atoms with Crippen LogP contribution in [0.3, 0.4) is 0 Å². The van der Waals surface area contributed by atoms with Crippen molar-refractivity contribution in [2.45, 2.75) is 31.2 Å². The van der Waals surface area contributed by atoms with Crippen molar-refractivity contribution in [1.82, 2.24) is 14.8 Å². The molecular weight excluding hydrogens is 508 g/mol. The second-order valence-electron chi connectivity index (χ2n) is 7.19. The highest BCUT2D eigenvalue weighted by Crippen LogP contribution is 2.43. The van der Waals surface area contributed by atoms with E-state index in [-0.39, 0.29) is 11.5 Å². The number of hydrogen-bond donors (Lipinski definition) is 0. The summed E-state index contributed by atoms with van der Waals surface area (Å²) in [5.41, 5.74) is 2.72. The molecule has 10 heteroatoms. The van der Waals surface area contributed by atoms with Crippen LogP contribution in [0.15, 0.2) is 58.7 Å². The van der Waals surface area contributed by atoms with Crippen LogP contribution in [0.25, 0.3) is 5.69 Å². The van der Waals surface area contributed by atoms with Gasteiger partial charge in [-0.25, -0.2) is 0 Å². The van der Waals surface area contributed by atoms with Crippen LogP contribution in [-0.2, 0) is 0 Å². The molecule has 0 fully saturated rings. The Morgan fingerprint density at radius 1 is 1.27 bits per heavy atom. The number of aromatic nitrogens is 3. The minimum atomic E-state index is -0.531. The molecule has 174 valence electrons. The number of ether oxygens (including phenoxy) is 2. The predicted octanol–water partition coefficient (Wildman–Crippen LogP) is 5.72. The Labute approximate surface area is 205 Å². The maximum absolute atomic E-state index is 11.6. The molecule has 8 nitrogen and oxygen atoms in total. The van der Waals surface area contributed by atoms with Gasteiger partial charge < -0.3 is 9.47 Å². The number of rotatable bonds is 11. The minimum Gasteiger partial charge on any atom is -0.490 e. The van der Waals surface area contributed by atoms with Crippen molar-refractivity contribution in [1.29, 1.82) is 0 Å². The first kappa shape index (κ1) is 24.8. The summed E-state index contributed by atoms with van der Waals surface area (Å²) in [4.78, 5) is 11.2. The molecule has 1 atom stereocenters. The van der Waals surface area contributed by atoms with E-state index >= 15 is 0 Å². The molecule has 0 radical (unpaired) electrons. The van der Waals surface area contributed by atoms with Gasteiger partial charge in [-0.2, -0.15) is 0 Å². The first-order valence-corrected chi connectivity index (χ1v) is 12.0. The van der Waals surface area contributed by atoms with Crippen LogP contribution in [0.2, 0.25) is 0 Å². The molecule has 33 heavy (non-hydrogen) atoms. The van der Waals surface area contributed by atoms with Gasteiger partial charge in [0, 0.05) is 10.6 Å². The fourth-order valence-corrected chi connectivity index (χ4v) is 5.00. The summed E-state index contributed by atoms with van der Waals surface area (Å²) in [6.07, 6.45) is 1.64. The van der Waals surface area contributed by atoms with E-state index in [1.165, 1.54) is 11.8 Å². The summed E-state index contributed by atoms with van der Waals surface area (Å²) in [5.74, 6) is 1.74. The lowest BCUT2D eigenvalue weighted by molar-refractivity contribution is -0.479. The van der Waals surface area contributed by atoms with Gasteiger partial charge in [0.25, 0.3) is 0 Å². The van der Waals surface area contributed by atoms with E-state index in [0.29, 0.717) is 40.2 Å². The zero-order chi connectivity index (χ0) is 24.0. The lowest BCUT2D eigenvalue weighted by Crippen LogP contribution is -2.12. The molecule has 0 saturated carbocycles. The normalized spacial score (nSPS) is 11.8. The van der Waals surface area contributed by atoms with Gasteiger partial charge in [-0.3, -0.25) is 14.7 Å². The molecule has 1 heterocycles. The second-order valence-corrected chi connectivity index (χ2v) is 9.21. The average Bonchev–Trinajstić information content (AvgIpc) is 3.12. The molecule has 1 aromatic heterocycles. The monoisotopic (exact) mass is 532 g/mol. The largest absolute Gasteiger partial charge is 0.490 e. The van der Waals surface area contributed by atoms with Crippen molar-refractivity contribution in [3.63, 3.8) is 0 Å². The fraction of sp³-hybridized carbons (Fsp3) is 0.304. The van der Waals surface area contributed by atoms with Gasteiger partial charge in [-0.1, -0.05) is 36.5 Å². The molecule has 0 N–H and O–H groups in total. The molecule has 0 saturated heterocycles. The molecule has 0 aliphatic carbocycles. The van der Waals surface area contributed by atoms with Crippen molar-refractivity contribution >= 4 is 27.7 Å². The van der Waals surface area contributed by atoms with Crippen LogP contribution in [0.1, 0.15) is 29.1 Å². The summed E-state index contributed by atoms with van der Waals surface area (Å²) < 4.78 is 14.1. The Bertz CT molecular complexity index is 1150. The Morgan fingerprint density at radius 3 is 2.73 bits per heavy atom. The Kier molecular flexibility index (Phi) is 8.51. The zero-order valence-corrected chi connectivity index (χ0v) is 21.1. The van der Waals surface area contributed by atoms with Gasteiger partial charge in [0.1, 0.15) is 17.7 Å². The fourth-order valence-electron chi connectivity index (χ4n) is 3.28. The van der Waals surface area contributed by atoms with Crippen molar-refractivity contribution in [2.24, 2.45) is 0 Å². The molecule has 0 bridgehead atoms. The van der Waals surface area contributed by atoms with E-state index in [0.717, 1.165) is 16.8 Å². The summed E-state index contributed by atoms with van der Waals surface area (Å²) in [7, 11) is 0. The van der Waals surface area contributed by atoms with Crippen LogP contribution in [0.4, 0.5) is 0 Å². The maximum Gasteiger partial charge on any atom is 0.220 e. The number of benzene rings is 2. The Hall–Kier alpha value is -2.85. The van der Waals surface area contributed by atoms with Crippen LogP contribution < -0.4 is 9.47 Å². The van der Waals surface area contributed by atoms with E-state index in [1.54, 1.807) is 12.1 Å². The Morgan fingerprint density at radius 2 is 2.06 bits per heavy atom. The number of halogens is 1. The minimum absolute atomic E-state index is 0.296. The molecule has 0 unspecified atom stereocenters. The van der Waals surface area contributed by atoms with Crippen LogP contribution in [-0.4, -0.2) is 39.4 Å². The molecule has 0 spiro atoms. The number of hydrogen-bond acceptors (Lipinski definition) is 7. The van der Waals surface area contributed by atoms with E-state index in [1.807, 2.05) is 55.7 Å². The van der Waals surface area contributed by atoms with Crippen molar-refractivity contribution in [3.8, 4) is 17.2 Å². The third-order valence-electron chi connectivity index (χ3n) is 4.67. The summed E-state index contributed by atoms with van der Waals surface area (Å²) in [6.45, 7) is 9.85. The summed E-state index contributed by atoms with van der Waals surface area (Å²) in [5, 5.41) is 20.1. The Balaban J connectivity index is 2.03. The van der Waals surface area contributed by atoms with Crippen molar-refractivity contribution < 1.29 is 14.4 Å². The molecule has 2 aromatic carbocycles. The second kappa shape index (κ2) is 11.3. The quantitative estimate of drug-likeness (QED) is 0.135. The molecule has 0 amide bonds. The third kappa shape index (κ3) is 6.14. The van der Waals surface area contributed by atoms with Crippen molar-refractivity contribution in [2.75, 3.05) is 19.8 Å². The number of thioether (sulfide) groups is 1. The van der Waals surface area contributed by atoms with Gasteiger partial charge in [0.2, 0.25) is 6.54 Å². The molecule has 3 aromatic rings. The third-order valence-corrected chi connectivity index (χ3v) is 6.44. The molecule has 0 aliphatic heterocycles. The smallest absolute Gasteiger partial charge is 0.220 e. The van der Waals surface area contributed by atoms with Gasteiger partial charge >= 0.3 is 0 Å². The lowest BCUT2D eigenvalue weighted by atomic mass is 10.1. The van der Waals surface area contributed by atoms with Crippen molar-refractivity contribution in [3.05, 3.63) is 80.6 Å². The highest BCUT2D eigenvalue weighted by Gasteiger charge is 2.26. The predicted molar refractivity (Wildman–Crippen MR) is 132 cm³/mol. The van der Waals surface area contributed by atoms with Gasteiger partial charge in [0.05, 0.1) is 11.1 Å². The first-order valence-electron chi connectivity index (χ1n) is 10.3. The molecular formula is C23H25BrN4O4S. The van der Waals surface area contributed by atoms with Crippen LogP contribution in [0, 0.1) is 24.0 Å². The van der Waals surface area contributed by atoms with E-state index in [2.05, 4.69) is 32.7 Å². The standard InChI is InChI=1S/C23H25BrN4O4S/c1-5-10-32-22-19(24)12-17(13-20(22)31-6-2)21(14-27(29)30)33-23-26-25-16(4)28(23)18-9-7-8-15(3)11-18/h5,7-9,11-13,21H,1,6,10,14H2,2-4H3/t21-/m1/s1. The summed E-state index contributed by atoms with van der Waals surface area (Å²) in [6, 6.07) is 11.6. The van der Waals surface area contributed by atoms with Crippen LogP contribution >= 0.6 is 27.7 Å².